The topological polar surface area (TPSA) is 29.3 Å². The second kappa shape index (κ2) is 6.45. The van der Waals surface area contributed by atoms with Crippen LogP contribution in [0.3, 0.4) is 0 Å². The van der Waals surface area contributed by atoms with Crippen molar-refractivity contribution in [2.75, 3.05) is 13.6 Å². The van der Waals surface area contributed by atoms with Gasteiger partial charge in [-0.3, -0.25) is 4.90 Å². The summed E-state index contributed by atoms with van der Waals surface area (Å²) >= 11 is 0. The molecule has 3 heteroatoms. The Bertz CT molecular complexity index is 474. The SMILES string of the molecule is Cc1ccc(C(CN)N(C)C2CCC(C)(C)CC2)cc1F. The van der Waals surface area contributed by atoms with Crippen molar-refractivity contribution < 1.29 is 4.39 Å². The Balaban J connectivity index is 2.11. The molecule has 1 fully saturated rings. The summed E-state index contributed by atoms with van der Waals surface area (Å²) in [6.45, 7) is 7.01. The Labute approximate surface area is 128 Å². The molecule has 1 aliphatic rings. The molecule has 1 aromatic rings. The van der Waals surface area contributed by atoms with Crippen LogP contribution in [0.4, 0.5) is 4.39 Å². The van der Waals surface area contributed by atoms with Crippen molar-refractivity contribution in [2.24, 2.45) is 11.1 Å². The molecule has 2 N–H and O–H groups in total. The van der Waals surface area contributed by atoms with Gasteiger partial charge in [0, 0.05) is 18.6 Å². The van der Waals surface area contributed by atoms with E-state index in [1.165, 1.54) is 25.7 Å². The summed E-state index contributed by atoms with van der Waals surface area (Å²) in [5.74, 6) is -0.135. The standard InChI is InChI=1S/C18H29FN2/c1-13-5-6-14(11-16(13)19)17(12-20)21(4)15-7-9-18(2,3)10-8-15/h5-6,11,15,17H,7-10,12,20H2,1-4H3. The molecule has 0 aromatic heterocycles. The maximum absolute atomic E-state index is 13.8. The number of likely N-dealkylation sites (N-methyl/N-ethyl adjacent to an activating group) is 1. The van der Waals surface area contributed by atoms with Crippen molar-refractivity contribution >= 4 is 0 Å². The van der Waals surface area contributed by atoms with Crippen LogP contribution in [0.25, 0.3) is 0 Å². The molecule has 118 valence electrons. The van der Waals surface area contributed by atoms with Crippen molar-refractivity contribution in [3.8, 4) is 0 Å². The van der Waals surface area contributed by atoms with Gasteiger partial charge < -0.3 is 5.73 Å². The summed E-state index contributed by atoms with van der Waals surface area (Å²) < 4.78 is 13.8. The summed E-state index contributed by atoms with van der Waals surface area (Å²) in [7, 11) is 2.14. The molecule has 1 unspecified atom stereocenters. The first kappa shape index (κ1) is 16.4. The molecule has 1 atom stereocenters. The predicted octanol–water partition coefficient (Wildman–Crippen LogP) is 4.03. The zero-order chi connectivity index (χ0) is 15.6. The van der Waals surface area contributed by atoms with Crippen molar-refractivity contribution in [3.05, 3.63) is 35.1 Å². The summed E-state index contributed by atoms with van der Waals surface area (Å²) in [6.07, 6.45) is 4.91. The Morgan fingerprint density at radius 3 is 2.48 bits per heavy atom. The molecule has 0 bridgehead atoms. The second-order valence-electron chi connectivity index (χ2n) is 7.32. The lowest BCUT2D eigenvalue weighted by molar-refractivity contribution is 0.0965. The van der Waals surface area contributed by atoms with E-state index in [0.717, 1.165) is 5.56 Å². The Morgan fingerprint density at radius 2 is 1.95 bits per heavy atom. The minimum Gasteiger partial charge on any atom is -0.329 e. The normalized spacial score (nSPS) is 20.7. The van der Waals surface area contributed by atoms with Crippen molar-refractivity contribution in [2.45, 2.75) is 58.5 Å². The van der Waals surface area contributed by atoms with E-state index in [-0.39, 0.29) is 11.9 Å². The van der Waals surface area contributed by atoms with E-state index in [0.29, 0.717) is 23.6 Å². The van der Waals surface area contributed by atoms with Gasteiger partial charge in [-0.15, -0.1) is 0 Å². The number of nitrogens with zero attached hydrogens (tertiary/aromatic N) is 1. The maximum Gasteiger partial charge on any atom is 0.126 e. The van der Waals surface area contributed by atoms with Crippen LogP contribution in [0, 0.1) is 18.2 Å². The molecular weight excluding hydrogens is 263 g/mol. The van der Waals surface area contributed by atoms with Gasteiger partial charge in [0.05, 0.1) is 0 Å². The summed E-state index contributed by atoms with van der Waals surface area (Å²) in [6, 6.07) is 6.17. The minimum atomic E-state index is -0.135. The Hall–Kier alpha value is -0.930. The molecule has 21 heavy (non-hydrogen) atoms. The summed E-state index contributed by atoms with van der Waals surface area (Å²) in [5.41, 5.74) is 8.14. The van der Waals surface area contributed by atoms with Gasteiger partial charge in [0.1, 0.15) is 5.82 Å². The van der Waals surface area contributed by atoms with Gasteiger partial charge in [0.15, 0.2) is 0 Å². The monoisotopic (exact) mass is 292 g/mol. The largest absolute Gasteiger partial charge is 0.329 e. The first-order valence-electron chi connectivity index (χ1n) is 8.02. The predicted molar refractivity (Wildman–Crippen MR) is 86.7 cm³/mol. The number of aryl methyl sites for hydroxylation is 1. The van der Waals surface area contributed by atoms with E-state index in [2.05, 4.69) is 25.8 Å². The fourth-order valence-corrected chi connectivity index (χ4v) is 3.40. The third-order valence-corrected chi connectivity index (χ3v) is 5.18. The number of nitrogens with two attached hydrogens (primary N) is 1. The smallest absolute Gasteiger partial charge is 0.126 e. The van der Waals surface area contributed by atoms with Crippen molar-refractivity contribution in [1.29, 1.82) is 0 Å². The molecular formula is C18H29FN2. The highest BCUT2D eigenvalue weighted by Crippen LogP contribution is 2.38. The van der Waals surface area contributed by atoms with Crippen LogP contribution < -0.4 is 5.73 Å². The quantitative estimate of drug-likeness (QED) is 0.907. The van der Waals surface area contributed by atoms with Gasteiger partial charge in [-0.25, -0.2) is 4.39 Å². The van der Waals surface area contributed by atoms with E-state index in [4.69, 9.17) is 5.73 Å². The van der Waals surface area contributed by atoms with E-state index in [1.54, 1.807) is 13.0 Å². The van der Waals surface area contributed by atoms with E-state index < -0.39 is 0 Å². The van der Waals surface area contributed by atoms with Gasteiger partial charge in [0.2, 0.25) is 0 Å². The van der Waals surface area contributed by atoms with Crippen LogP contribution in [0.2, 0.25) is 0 Å². The fraction of sp³-hybridized carbons (Fsp3) is 0.667. The second-order valence-corrected chi connectivity index (χ2v) is 7.32. The van der Waals surface area contributed by atoms with E-state index >= 15 is 0 Å². The molecule has 0 aliphatic heterocycles. The number of hydrogen-bond acceptors (Lipinski definition) is 2. The van der Waals surface area contributed by atoms with Crippen LogP contribution in [0.15, 0.2) is 18.2 Å². The van der Waals surface area contributed by atoms with Gasteiger partial charge in [-0.05, 0) is 62.3 Å². The average Bonchev–Trinajstić information content (AvgIpc) is 2.43. The Morgan fingerprint density at radius 1 is 1.33 bits per heavy atom. The molecule has 2 nitrogen and oxygen atoms in total. The molecule has 0 heterocycles. The Kier molecular flexibility index (Phi) is 5.05. The first-order chi connectivity index (χ1) is 9.84. The van der Waals surface area contributed by atoms with Crippen LogP contribution in [0.1, 0.15) is 56.7 Å². The summed E-state index contributed by atoms with van der Waals surface area (Å²) in [5, 5.41) is 0. The van der Waals surface area contributed by atoms with Crippen LogP contribution in [-0.4, -0.2) is 24.5 Å². The van der Waals surface area contributed by atoms with Gasteiger partial charge >= 0.3 is 0 Å². The molecule has 2 rings (SSSR count). The van der Waals surface area contributed by atoms with Gasteiger partial charge in [0.25, 0.3) is 0 Å². The zero-order valence-corrected chi connectivity index (χ0v) is 13.8. The van der Waals surface area contributed by atoms with E-state index in [1.807, 2.05) is 12.1 Å². The molecule has 1 aliphatic carbocycles. The van der Waals surface area contributed by atoms with E-state index in [9.17, 15) is 4.39 Å². The van der Waals surface area contributed by atoms with Crippen molar-refractivity contribution in [3.63, 3.8) is 0 Å². The fourth-order valence-electron chi connectivity index (χ4n) is 3.40. The molecule has 0 radical (unpaired) electrons. The third-order valence-electron chi connectivity index (χ3n) is 5.18. The molecule has 1 aromatic carbocycles. The number of hydrogen-bond donors (Lipinski definition) is 1. The van der Waals surface area contributed by atoms with Gasteiger partial charge in [-0.1, -0.05) is 26.0 Å². The molecule has 1 saturated carbocycles. The highest BCUT2D eigenvalue weighted by molar-refractivity contribution is 5.26. The molecule has 0 spiro atoms. The van der Waals surface area contributed by atoms with Crippen molar-refractivity contribution in [1.82, 2.24) is 4.90 Å². The minimum absolute atomic E-state index is 0.103. The van der Waals surface area contributed by atoms with Crippen LogP contribution >= 0.6 is 0 Å². The number of rotatable bonds is 4. The maximum atomic E-state index is 13.8. The lowest BCUT2D eigenvalue weighted by Gasteiger charge is -2.41. The highest BCUT2D eigenvalue weighted by atomic mass is 19.1. The third kappa shape index (κ3) is 3.83. The summed E-state index contributed by atoms with van der Waals surface area (Å²) in [4.78, 5) is 2.36. The lowest BCUT2D eigenvalue weighted by atomic mass is 9.75. The van der Waals surface area contributed by atoms with Crippen LogP contribution in [0.5, 0.6) is 0 Å². The number of benzene rings is 1. The van der Waals surface area contributed by atoms with Crippen LogP contribution in [-0.2, 0) is 0 Å². The number of halogens is 1. The van der Waals surface area contributed by atoms with Gasteiger partial charge in [-0.2, -0.15) is 0 Å². The molecule has 0 amide bonds. The lowest BCUT2D eigenvalue weighted by Crippen LogP contribution is -2.41. The first-order valence-corrected chi connectivity index (χ1v) is 8.02. The molecule has 0 saturated heterocycles. The highest BCUT2D eigenvalue weighted by Gasteiger charge is 2.31. The average molecular weight is 292 g/mol. The zero-order valence-electron chi connectivity index (χ0n) is 13.8.